The molecule has 1 aromatic carbocycles. The summed E-state index contributed by atoms with van der Waals surface area (Å²) in [4.78, 5) is 2.34. The number of rotatable bonds is 7. The van der Waals surface area contributed by atoms with Gasteiger partial charge in [0.1, 0.15) is 5.75 Å². The molecule has 0 saturated carbocycles. The van der Waals surface area contributed by atoms with Crippen molar-refractivity contribution in [1.82, 2.24) is 4.90 Å². The van der Waals surface area contributed by atoms with Crippen LogP contribution in [0.5, 0.6) is 5.75 Å². The Labute approximate surface area is 117 Å². The lowest BCUT2D eigenvalue weighted by Crippen LogP contribution is -2.25. The Bertz CT molecular complexity index is 404. The van der Waals surface area contributed by atoms with Gasteiger partial charge in [-0.2, -0.15) is 0 Å². The highest BCUT2D eigenvalue weighted by Gasteiger charge is 2.11. The zero-order valence-corrected chi connectivity index (χ0v) is 13.0. The maximum absolute atomic E-state index is 5.60. The Morgan fingerprint density at radius 2 is 1.89 bits per heavy atom. The topological polar surface area (TPSA) is 38.5 Å². The molecule has 108 valence electrons. The van der Waals surface area contributed by atoms with Crippen molar-refractivity contribution in [2.75, 3.05) is 27.2 Å². The molecule has 3 nitrogen and oxygen atoms in total. The van der Waals surface area contributed by atoms with Crippen LogP contribution in [0.1, 0.15) is 30.0 Å². The highest BCUT2D eigenvalue weighted by atomic mass is 16.5. The van der Waals surface area contributed by atoms with Gasteiger partial charge in [-0.1, -0.05) is 13.0 Å². The van der Waals surface area contributed by atoms with E-state index in [4.69, 9.17) is 10.5 Å². The van der Waals surface area contributed by atoms with E-state index in [9.17, 15) is 0 Å². The molecule has 3 heteroatoms. The van der Waals surface area contributed by atoms with Crippen LogP contribution in [-0.2, 0) is 6.54 Å². The van der Waals surface area contributed by atoms with Gasteiger partial charge in [0.05, 0.1) is 7.11 Å². The average molecular weight is 264 g/mol. The van der Waals surface area contributed by atoms with Crippen LogP contribution in [0.3, 0.4) is 0 Å². The monoisotopic (exact) mass is 264 g/mol. The lowest BCUT2D eigenvalue weighted by atomic mass is 10.0. The zero-order valence-electron chi connectivity index (χ0n) is 13.0. The first-order valence-corrected chi connectivity index (χ1v) is 7.00. The molecule has 0 aliphatic carbocycles. The van der Waals surface area contributed by atoms with Crippen LogP contribution in [0.25, 0.3) is 0 Å². The molecule has 2 N–H and O–H groups in total. The maximum Gasteiger partial charge on any atom is 0.123 e. The van der Waals surface area contributed by atoms with Gasteiger partial charge in [-0.25, -0.2) is 0 Å². The maximum atomic E-state index is 5.60. The molecule has 0 heterocycles. The number of methoxy groups -OCH3 is 1. The van der Waals surface area contributed by atoms with Crippen molar-refractivity contribution in [3.05, 3.63) is 28.8 Å². The summed E-state index contributed by atoms with van der Waals surface area (Å²) in [5.41, 5.74) is 9.46. The van der Waals surface area contributed by atoms with Gasteiger partial charge in [0.2, 0.25) is 0 Å². The molecular formula is C16H28N2O. The predicted molar refractivity (Wildman–Crippen MR) is 81.6 cm³/mol. The van der Waals surface area contributed by atoms with Gasteiger partial charge in [0.25, 0.3) is 0 Å². The molecule has 1 unspecified atom stereocenters. The summed E-state index contributed by atoms with van der Waals surface area (Å²) < 4.78 is 5.49. The van der Waals surface area contributed by atoms with Gasteiger partial charge in [-0.15, -0.1) is 0 Å². The minimum atomic E-state index is 0.632. The van der Waals surface area contributed by atoms with Gasteiger partial charge < -0.3 is 15.4 Å². The molecule has 0 aliphatic rings. The van der Waals surface area contributed by atoms with Crippen LogP contribution in [0.4, 0.5) is 0 Å². The van der Waals surface area contributed by atoms with Gasteiger partial charge in [0, 0.05) is 18.7 Å². The SMILES string of the molecule is COc1cc(C)c(C)cc1CN(C)CC(C)CCN. The summed E-state index contributed by atoms with van der Waals surface area (Å²) >= 11 is 0. The van der Waals surface area contributed by atoms with Crippen molar-refractivity contribution in [3.8, 4) is 5.75 Å². The highest BCUT2D eigenvalue weighted by Crippen LogP contribution is 2.24. The van der Waals surface area contributed by atoms with E-state index in [1.54, 1.807) is 7.11 Å². The van der Waals surface area contributed by atoms with Crippen LogP contribution in [0.2, 0.25) is 0 Å². The van der Waals surface area contributed by atoms with E-state index in [0.717, 1.165) is 31.8 Å². The highest BCUT2D eigenvalue weighted by molar-refractivity contribution is 5.41. The van der Waals surface area contributed by atoms with Crippen LogP contribution in [0, 0.1) is 19.8 Å². The number of nitrogens with two attached hydrogens (primary N) is 1. The molecule has 0 radical (unpaired) electrons. The Morgan fingerprint density at radius 3 is 2.47 bits per heavy atom. The van der Waals surface area contributed by atoms with Gasteiger partial charge in [-0.3, -0.25) is 0 Å². The molecule has 0 amide bonds. The summed E-state index contributed by atoms with van der Waals surface area (Å²) in [6.45, 7) is 9.26. The summed E-state index contributed by atoms with van der Waals surface area (Å²) in [6.07, 6.45) is 1.08. The van der Waals surface area contributed by atoms with Crippen molar-refractivity contribution in [2.24, 2.45) is 11.7 Å². The van der Waals surface area contributed by atoms with Crippen molar-refractivity contribution in [3.63, 3.8) is 0 Å². The lowest BCUT2D eigenvalue weighted by molar-refractivity contribution is 0.268. The average Bonchev–Trinajstić information content (AvgIpc) is 2.33. The zero-order chi connectivity index (χ0) is 14.4. The molecule has 0 spiro atoms. The second-order valence-electron chi connectivity index (χ2n) is 5.63. The number of hydrogen-bond acceptors (Lipinski definition) is 3. The van der Waals surface area contributed by atoms with E-state index >= 15 is 0 Å². The number of hydrogen-bond donors (Lipinski definition) is 1. The Morgan fingerprint density at radius 1 is 1.26 bits per heavy atom. The molecule has 0 bridgehead atoms. The van der Waals surface area contributed by atoms with Crippen LogP contribution in [-0.4, -0.2) is 32.1 Å². The third-order valence-electron chi connectivity index (χ3n) is 3.62. The normalized spacial score (nSPS) is 12.8. The Hall–Kier alpha value is -1.06. The van der Waals surface area contributed by atoms with E-state index < -0.39 is 0 Å². The number of nitrogens with zero attached hydrogens (tertiary/aromatic N) is 1. The number of aryl methyl sites for hydroxylation is 2. The van der Waals surface area contributed by atoms with E-state index in [1.165, 1.54) is 16.7 Å². The predicted octanol–water partition coefficient (Wildman–Crippen LogP) is 2.73. The fourth-order valence-corrected chi connectivity index (χ4v) is 2.43. The molecular weight excluding hydrogens is 236 g/mol. The molecule has 1 aromatic rings. The fraction of sp³-hybridized carbons (Fsp3) is 0.625. The third-order valence-corrected chi connectivity index (χ3v) is 3.62. The van der Waals surface area contributed by atoms with Crippen LogP contribution < -0.4 is 10.5 Å². The first-order chi connectivity index (χ1) is 8.97. The van der Waals surface area contributed by atoms with Crippen molar-refractivity contribution in [1.29, 1.82) is 0 Å². The van der Waals surface area contributed by atoms with Crippen LogP contribution in [0.15, 0.2) is 12.1 Å². The molecule has 1 atom stereocenters. The molecule has 19 heavy (non-hydrogen) atoms. The van der Waals surface area contributed by atoms with Crippen molar-refractivity contribution in [2.45, 2.75) is 33.7 Å². The largest absolute Gasteiger partial charge is 0.496 e. The smallest absolute Gasteiger partial charge is 0.123 e. The second-order valence-corrected chi connectivity index (χ2v) is 5.63. The Kier molecular flexibility index (Phi) is 6.32. The van der Waals surface area contributed by atoms with Crippen molar-refractivity contribution < 1.29 is 4.74 Å². The number of benzene rings is 1. The van der Waals surface area contributed by atoms with Gasteiger partial charge in [-0.05, 0) is 57.0 Å². The Balaban J connectivity index is 2.73. The quantitative estimate of drug-likeness (QED) is 0.823. The summed E-state index contributed by atoms with van der Waals surface area (Å²) in [5, 5.41) is 0. The van der Waals surface area contributed by atoms with E-state index in [-0.39, 0.29) is 0 Å². The van der Waals surface area contributed by atoms with Gasteiger partial charge in [0.15, 0.2) is 0 Å². The van der Waals surface area contributed by atoms with E-state index in [0.29, 0.717) is 5.92 Å². The molecule has 0 saturated heterocycles. The molecule has 0 aliphatic heterocycles. The fourth-order valence-electron chi connectivity index (χ4n) is 2.43. The standard InChI is InChI=1S/C16H28N2O/c1-12(6-7-17)10-18(4)11-15-8-13(2)14(3)9-16(15)19-5/h8-9,12H,6-7,10-11,17H2,1-5H3. The van der Waals surface area contributed by atoms with E-state index in [2.05, 4.69) is 44.9 Å². The van der Waals surface area contributed by atoms with Crippen LogP contribution >= 0.6 is 0 Å². The minimum absolute atomic E-state index is 0.632. The second kappa shape index (κ2) is 7.51. The summed E-state index contributed by atoms with van der Waals surface area (Å²) in [6, 6.07) is 4.36. The first kappa shape index (κ1) is 16.0. The van der Waals surface area contributed by atoms with Crippen molar-refractivity contribution >= 4 is 0 Å². The van der Waals surface area contributed by atoms with E-state index in [1.807, 2.05) is 0 Å². The third kappa shape index (κ3) is 4.84. The number of ether oxygens (including phenoxy) is 1. The van der Waals surface area contributed by atoms with Gasteiger partial charge >= 0.3 is 0 Å². The molecule has 0 aromatic heterocycles. The molecule has 0 fully saturated rings. The first-order valence-electron chi connectivity index (χ1n) is 7.00. The molecule has 1 rings (SSSR count). The minimum Gasteiger partial charge on any atom is -0.496 e. The summed E-state index contributed by atoms with van der Waals surface area (Å²) in [7, 11) is 3.90. The summed E-state index contributed by atoms with van der Waals surface area (Å²) in [5.74, 6) is 1.62. The lowest BCUT2D eigenvalue weighted by Gasteiger charge is -2.22.